The van der Waals surface area contributed by atoms with Gasteiger partial charge in [-0.15, -0.1) is 0 Å². The van der Waals surface area contributed by atoms with Crippen LogP contribution in [0.15, 0.2) is 57.4 Å². The van der Waals surface area contributed by atoms with Crippen LogP contribution >= 0.6 is 23.8 Å². The Kier molecular flexibility index (Phi) is 5.28. The molecule has 2 aromatic carbocycles. The number of amides is 2. The lowest BCUT2D eigenvalue weighted by Gasteiger charge is -2.28. The fraction of sp³-hybridized carbons (Fsp3) is 0. The van der Waals surface area contributed by atoms with Gasteiger partial charge in [0.05, 0.1) is 27.6 Å². The Balaban J connectivity index is 1.84. The molecule has 160 valence electrons. The van der Waals surface area contributed by atoms with E-state index in [1.165, 1.54) is 24.3 Å². The number of hydrogen-bond donors (Lipinski definition) is 1. The molecule has 4 rings (SSSR count). The highest BCUT2D eigenvalue weighted by Gasteiger charge is 2.35. The lowest BCUT2D eigenvalue weighted by Crippen LogP contribution is -2.54. The molecule has 1 N–H and O–H groups in total. The molecule has 0 atom stereocenters. The van der Waals surface area contributed by atoms with E-state index in [0.717, 1.165) is 23.3 Å². The first-order valence-corrected chi connectivity index (χ1v) is 9.52. The number of carbonyl (C=O) groups is 2. The van der Waals surface area contributed by atoms with E-state index in [1.807, 2.05) is 0 Å². The minimum Gasteiger partial charge on any atom is -0.456 e. The monoisotopic (exact) mass is 473 g/mol. The molecule has 0 unspecified atom stereocenters. The number of halogens is 2. The zero-order valence-corrected chi connectivity index (χ0v) is 17.2. The van der Waals surface area contributed by atoms with E-state index in [2.05, 4.69) is 5.32 Å². The SMILES string of the molecule is O=C1NC(=S)N(c2ccc(Cl)cc2)C(=O)/C1=C/c1coc2c([N+](=O)[O-])cc(F)cc2c1=O. The van der Waals surface area contributed by atoms with Gasteiger partial charge in [-0.25, -0.2) is 4.39 Å². The smallest absolute Gasteiger partial charge is 0.315 e. The molecule has 2 heterocycles. The molecular formula is C20H9ClFN3O6S. The molecule has 9 nitrogen and oxygen atoms in total. The number of anilines is 1. The number of nitro benzene ring substituents is 1. The summed E-state index contributed by atoms with van der Waals surface area (Å²) >= 11 is 10.9. The topological polar surface area (TPSA) is 123 Å². The van der Waals surface area contributed by atoms with Crippen LogP contribution in [-0.2, 0) is 9.59 Å². The molecule has 1 fully saturated rings. The standard InChI is InChI=1S/C20H9ClFN3O6S/c21-10-1-3-12(4-2-10)24-19(28)14(18(27)23-20(24)32)5-9-8-31-17-13(16(9)26)6-11(22)7-15(17)25(29)30/h1-8H,(H,23,27,32)/b14-5+. The van der Waals surface area contributed by atoms with E-state index in [-0.39, 0.29) is 10.7 Å². The molecule has 3 aromatic rings. The van der Waals surface area contributed by atoms with Crippen LogP contribution in [0.2, 0.25) is 5.02 Å². The number of rotatable bonds is 3. The van der Waals surface area contributed by atoms with Crippen LogP contribution in [-0.4, -0.2) is 21.9 Å². The maximum Gasteiger partial charge on any atom is 0.315 e. The second-order valence-corrected chi connectivity index (χ2v) is 7.34. The number of hydrogen-bond acceptors (Lipinski definition) is 7. The second-order valence-electron chi connectivity index (χ2n) is 6.51. The minimum atomic E-state index is -1.02. The van der Waals surface area contributed by atoms with Gasteiger partial charge in [-0.05, 0) is 48.6 Å². The highest BCUT2D eigenvalue weighted by atomic mass is 35.5. The van der Waals surface area contributed by atoms with Crippen molar-refractivity contribution >= 4 is 69.2 Å². The Bertz CT molecular complexity index is 1430. The van der Waals surface area contributed by atoms with Crippen LogP contribution in [0.25, 0.3) is 17.0 Å². The van der Waals surface area contributed by atoms with Gasteiger partial charge in [-0.1, -0.05) is 11.6 Å². The summed E-state index contributed by atoms with van der Waals surface area (Å²) in [6.45, 7) is 0. The Hall–Kier alpha value is -3.96. The van der Waals surface area contributed by atoms with Crippen molar-refractivity contribution in [3.63, 3.8) is 0 Å². The third-order valence-corrected chi connectivity index (χ3v) is 5.06. The van der Waals surface area contributed by atoms with Gasteiger partial charge in [0.15, 0.2) is 10.5 Å². The third kappa shape index (κ3) is 3.63. The van der Waals surface area contributed by atoms with Crippen molar-refractivity contribution in [2.75, 3.05) is 4.90 Å². The molecule has 1 saturated heterocycles. The largest absolute Gasteiger partial charge is 0.456 e. The van der Waals surface area contributed by atoms with Gasteiger partial charge < -0.3 is 4.42 Å². The molecule has 32 heavy (non-hydrogen) atoms. The highest BCUT2D eigenvalue weighted by Crippen LogP contribution is 2.27. The quantitative estimate of drug-likeness (QED) is 0.203. The van der Waals surface area contributed by atoms with Crippen LogP contribution in [0, 0.1) is 15.9 Å². The third-order valence-electron chi connectivity index (χ3n) is 4.53. The van der Waals surface area contributed by atoms with Crippen LogP contribution in [0.1, 0.15) is 5.56 Å². The van der Waals surface area contributed by atoms with Crippen LogP contribution in [0.3, 0.4) is 0 Å². The van der Waals surface area contributed by atoms with Gasteiger partial charge >= 0.3 is 5.69 Å². The van der Waals surface area contributed by atoms with Gasteiger partial charge in [0.25, 0.3) is 11.8 Å². The molecular weight excluding hydrogens is 465 g/mol. The van der Waals surface area contributed by atoms with E-state index >= 15 is 0 Å². The maximum absolute atomic E-state index is 13.8. The Morgan fingerprint density at radius 3 is 2.53 bits per heavy atom. The Labute approximate surface area is 187 Å². The number of benzene rings is 2. The normalized spacial score (nSPS) is 15.4. The summed E-state index contributed by atoms with van der Waals surface area (Å²) in [5.41, 5.74) is -2.47. The van der Waals surface area contributed by atoms with Crippen LogP contribution in [0.5, 0.6) is 0 Å². The van der Waals surface area contributed by atoms with Crippen LogP contribution in [0.4, 0.5) is 15.8 Å². The first-order chi connectivity index (χ1) is 15.2. The predicted octanol–water partition coefficient (Wildman–Crippen LogP) is 3.33. The summed E-state index contributed by atoms with van der Waals surface area (Å²) in [6.07, 6.45) is 1.80. The summed E-state index contributed by atoms with van der Waals surface area (Å²) in [6, 6.07) is 7.44. The zero-order chi connectivity index (χ0) is 23.2. The van der Waals surface area contributed by atoms with E-state index in [1.54, 1.807) is 0 Å². The summed E-state index contributed by atoms with van der Waals surface area (Å²) in [5, 5.41) is 13.3. The van der Waals surface area contributed by atoms with Gasteiger partial charge in [0.1, 0.15) is 17.7 Å². The highest BCUT2D eigenvalue weighted by molar-refractivity contribution is 7.80. The fourth-order valence-electron chi connectivity index (χ4n) is 3.08. The van der Waals surface area contributed by atoms with Crippen molar-refractivity contribution < 1.29 is 23.3 Å². The molecule has 1 aliphatic heterocycles. The summed E-state index contributed by atoms with van der Waals surface area (Å²) in [4.78, 5) is 49.5. The lowest BCUT2D eigenvalue weighted by molar-refractivity contribution is -0.383. The summed E-state index contributed by atoms with van der Waals surface area (Å²) < 4.78 is 19.0. The van der Waals surface area contributed by atoms with Crippen molar-refractivity contribution in [2.24, 2.45) is 0 Å². The molecule has 0 aliphatic carbocycles. The van der Waals surface area contributed by atoms with Crippen LogP contribution < -0.4 is 15.6 Å². The zero-order valence-electron chi connectivity index (χ0n) is 15.6. The van der Waals surface area contributed by atoms with Gasteiger partial charge in [-0.3, -0.25) is 34.7 Å². The van der Waals surface area contributed by atoms with Gasteiger partial charge in [0.2, 0.25) is 5.58 Å². The number of non-ortho nitro benzene ring substituents is 1. The number of nitrogens with one attached hydrogen (secondary N) is 1. The van der Waals surface area contributed by atoms with Gasteiger partial charge in [0, 0.05) is 5.02 Å². The second kappa shape index (κ2) is 7.94. The number of fused-ring (bicyclic) bond motifs is 1. The number of thiocarbonyl (C=S) groups is 1. The molecule has 1 aromatic heterocycles. The first-order valence-electron chi connectivity index (χ1n) is 8.74. The van der Waals surface area contributed by atoms with E-state index in [9.17, 15) is 28.9 Å². The van der Waals surface area contributed by atoms with Gasteiger partial charge in [-0.2, -0.15) is 0 Å². The first kappa shape index (κ1) is 21.3. The maximum atomic E-state index is 13.8. The number of nitrogens with zero attached hydrogens (tertiary/aromatic N) is 2. The predicted molar refractivity (Wildman–Crippen MR) is 117 cm³/mol. The van der Waals surface area contributed by atoms with Crippen molar-refractivity contribution in [1.29, 1.82) is 0 Å². The molecule has 0 bridgehead atoms. The molecule has 0 saturated carbocycles. The van der Waals surface area contributed by atoms with E-state index in [0.29, 0.717) is 16.8 Å². The molecule has 2 amide bonds. The van der Waals surface area contributed by atoms with Crippen molar-refractivity contribution in [3.8, 4) is 0 Å². The average Bonchev–Trinajstić information content (AvgIpc) is 2.73. The molecule has 1 aliphatic rings. The number of carbonyl (C=O) groups excluding carboxylic acids is 2. The minimum absolute atomic E-state index is 0.178. The van der Waals surface area contributed by atoms with Crippen molar-refractivity contribution in [2.45, 2.75) is 0 Å². The van der Waals surface area contributed by atoms with E-state index in [4.69, 9.17) is 28.2 Å². The summed E-state index contributed by atoms with van der Waals surface area (Å²) in [5.74, 6) is -2.72. The number of nitro groups is 1. The summed E-state index contributed by atoms with van der Waals surface area (Å²) in [7, 11) is 0. The Morgan fingerprint density at radius 1 is 1.19 bits per heavy atom. The molecule has 12 heteroatoms. The Morgan fingerprint density at radius 2 is 1.88 bits per heavy atom. The van der Waals surface area contributed by atoms with Crippen molar-refractivity contribution in [3.05, 3.63) is 85.0 Å². The lowest BCUT2D eigenvalue weighted by atomic mass is 10.1. The van der Waals surface area contributed by atoms with E-state index < -0.39 is 50.2 Å². The fourth-order valence-corrected chi connectivity index (χ4v) is 3.48. The molecule has 0 spiro atoms. The molecule has 0 radical (unpaired) electrons. The van der Waals surface area contributed by atoms with Crippen molar-refractivity contribution in [1.82, 2.24) is 5.32 Å². The average molecular weight is 474 g/mol.